The molecule has 0 radical (unpaired) electrons. The van der Waals surface area contributed by atoms with Crippen molar-refractivity contribution in [1.82, 2.24) is 0 Å². The highest BCUT2D eigenvalue weighted by atomic mass is 35.5. The molecular weight excluding hydrogens is 282 g/mol. The van der Waals surface area contributed by atoms with Crippen molar-refractivity contribution in [2.45, 2.75) is 13.5 Å². The minimum absolute atomic E-state index is 0.368. The number of esters is 1. The Morgan fingerprint density at radius 3 is 2.84 bits per heavy atom. The Kier molecular flexibility index (Phi) is 4.45. The Bertz CT molecular complexity index is 595. The predicted molar refractivity (Wildman–Crippen MR) is 79.2 cm³/mol. The van der Waals surface area contributed by atoms with Gasteiger partial charge in [0.25, 0.3) is 0 Å². The molecule has 5 heteroatoms. The number of halogens is 1. The fourth-order valence-corrected chi connectivity index (χ4v) is 2.70. The van der Waals surface area contributed by atoms with Crippen LogP contribution in [0.1, 0.15) is 20.8 Å². The summed E-state index contributed by atoms with van der Waals surface area (Å²) in [5.41, 5.74) is 2.47. The summed E-state index contributed by atoms with van der Waals surface area (Å²) >= 11 is 7.81. The molecule has 0 aliphatic heterocycles. The summed E-state index contributed by atoms with van der Waals surface area (Å²) in [5, 5.41) is 5.89. The number of carbonyl (C=O) groups excluding carboxylic acids is 1. The van der Waals surface area contributed by atoms with Crippen LogP contribution in [0.15, 0.2) is 29.6 Å². The predicted octanol–water partition coefficient (Wildman–Crippen LogP) is 4.11. The minimum atomic E-state index is -0.368. The van der Waals surface area contributed by atoms with Gasteiger partial charge in [0.1, 0.15) is 0 Å². The summed E-state index contributed by atoms with van der Waals surface area (Å²) in [4.78, 5) is 12.7. The van der Waals surface area contributed by atoms with Gasteiger partial charge in [-0.15, -0.1) is 11.3 Å². The van der Waals surface area contributed by atoms with E-state index in [9.17, 15) is 4.79 Å². The number of hydrogen-bond donors (Lipinski definition) is 1. The average Bonchev–Trinajstić information content (AvgIpc) is 2.82. The van der Waals surface area contributed by atoms with Crippen LogP contribution in [0.4, 0.5) is 5.69 Å². The van der Waals surface area contributed by atoms with Crippen LogP contribution in [0.2, 0.25) is 5.02 Å². The molecule has 0 unspecified atom stereocenters. The van der Waals surface area contributed by atoms with Gasteiger partial charge in [-0.2, -0.15) is 0 Å². The number of methoxy groups -OCH3 is 1. The number of hydrogen-bond acceptors (Lipinski definition) is 4. The third-order valence-electron chi connectivity index (χ3n) is 2.80. The topological polar surface area (TPSA) is 38.3 Å². The molecule has 1 aromatic carbocycles. The van der Waals surface area contributed by atoms with E-state index in [-0.39, 0.29) is 5.97 Å². The minimum Gasteiger partial charge on any atom is -0.465 e. The molecule has 2 rings (SSSR count). The zero-order valence-corrected chi connectivity index (χ0v) is 12.3. The van der Waals surface area contributed by atoms with Gasteiger partial charge in [0.2, 0.25) is 0 Å². The molecule has 0 saturated heterocycles. The van der Waals surface area contributed by atoms with Gasteiger partial charge in [0, 0.05) is 11.4 Å². The van der Waals surface area contributed by atoms with Crippen molar-refractivity contribution in [3.63, 3.8) is 0 Å². The quantitative estimate of drug-likeness (QED) is 0.863. The first-order valence-corrected chi connectivity index (χ1v) is 7.02. The molecule has 0 fully saturated rings. The molecule has 1 N–H and O–H groups in total. The Morgan fingerprint density at radius 2 is 2.21 bits per heavy atom. The molecule has 100 valence electrons. The van der Waals surface area contributed by atoms with Crippen LogP contribution in [0.3, 0.4) is 0 Å². The summed E-state index contributed by atoms with van der Waals surface area (Å²) in [6.07, 6.45) is 0. The number of ether oxygens (including phenoxy) is 1. The van der Waals surface area contributed by atoms with E-state index >= 15 is 0 Å². The molecule has 1 heterocycles. The fourth-order valence-electron chi connectivity index (χ4n) is 1.67. The SMILES string of the molecule is COC(=O)c1ccc(Cl)c(NCc2sccc2C)c1. The van der Waals surface area contributed by atoms with Crippen molar-refractivity contribution in [2.24, 2.45) is 0 Å². The van der Waals surface area contributed by atoms with Crippen molar-refractivity contribution in [3.05, 3.63) is 50.7 Å². The normalized spacial score (nSPS) is 10.3. The number of rotatable bonds is 4. The first-order valence-electron chi connectivity index (χ1n) is 5.76. The van der Waals surface area contributed by atoms with Gasteiger partial charge in [-0.25, -0.2) is 4.79 Å². The Morgan fingerprint density at radius 1 is 1.42 bits per heavy atom. The number of anilines is 1. The van der Waals surface area contributed by atoms with Gasteiger partial charge in [0.15, 0.2) is 0 Å². The van der Waals surface area contributed by atoms with E-state index in [1.165, 1.54) is 17.6 Å². The number of aryl methyl sites for hydroxylation is 1. The highest BCUT2D eigenvalue weighted by Crippen LogP contribution is 2.25. The molecule has 0 bridgehead atoms. The van der Waals surface area contributed by atoms with Crippen LogP contribution in [0, 0.1) is 6.92 Å². The maximum absolute atomic E-state index is 11.5. The standard InChI is InChI=1S/C14H14ClNO2S/c1-9-5-6-19-13(9)8-16-12-7-10(14(17)18-2)3-4-11(12)15/h3-7,16H,8H2,1-2H3. The summed E-state index contributed by atoms with van der Waals surface area (Å²) in [6.45, 7) is 2.76. The van der Waals surface area contributed by atoms with Crippen molar-refractivity contribution in [2.75, 3.05) is 12.4 Å². The lowest BCUT2D eigenvalue weighted by atomic mass is 10.2. The van der Waals surface area contributed by atoms with Gasteiger partial charge in [-0.05, 0) is 42.1 Å². The smallest absolute Gasteiger partial charge is 0.337 e. The van der Waals surface area contributed by atoms with Crippen LogP contribution in [0.5, 0.6) is 0 Å². The van der Waals surface area contributed by atoms with Crippen molar-refractivity contribution < 1.29 is 9.53 Å². The van der Waals surface area contributed by atoms with Crippen molar-refractivity contribution >= 4 is 34.6 Å². The number of thiophene rings is 1. The summed E-state index contributed by atoms with van der Waals surface area (Å²) in [6, 6.07) is 7.12. The number of benzene rings is 1. The number of carbonyl (C=O) groups is 1. The van der Waals surface area contributed by atoms with Crippen LogP contribution in [0.25, 0.3) is 0 Å². The van der Waals surface area contributed by atoms with Gasteiger partial charge in [-0.3, -0.25) is 0 Å². The van der Waals surface area contributed by atoms with Gasteiger partial charge < -0.3 is 10.1 Å². The summed E-state index contributed by atoms with van der Waals surface area (Å²) in [7, 11) is 1.36. The van der Waals surface area contributed by atoms with Crippen LogP contribution in [-0.4, -0.2) is 13.1 Å². The van der Waals surface area contributed by atoms with E-state index in [2.05, 4.69) is 23.7 Å². The molecule has 2 aromatic rings. The number of nitrogens with one attached hydrogen (secondary N) is 1. The second kappa shape index (κ2) is 6.08. The van der Waals surface area contributed by atoms with Crippen LogP contribution in [-0.2, 0) is 11.3 Å². The molecule has 0 aliphatic carbocycles. The molecule has 0 saturated carbocycles. The summed E-state index contributed by atoms with van der Waals surface area (Å²) in [5.74, 6) is -0.368. The first-order chi connectivity index (χ1) is 9.11. The Labute approximate surface area is 121 Å². The van der Waals surface area contributed by atoms with E-state index in [0.717, 1.165) is 5.69 Å². The Hall–Kier alpha value is -1.52. The summed E-state index contributed by atoms with van der Waals surface area (Å²) < 4.78 is 4.69. The molecule has 0 aliphatic rings. The van der Waals surface area contributed by atoms with Crippen molar-refractivity contribution in [1.29, 1.82) is 0 Å². The molecule has 0 amide bonds. The maximum Gasteiger partial charge on any atom is 0.337 e. The highest BCUT2D eigenvalue weighted by molar-refractivity contribution is 7.10. The van der Waals surface area contributed by atoms with E-state index < -0.39 is 0 Å². The Balaban J connectivity index is 2.15. The fraction of sp³-hybridized carbons (Fsp3) is 0.214. The van der Waals surface area contributed by atoms with Gasteiger partial charge in [-0.1, -0.05) is 11.6 Å². The zero-order valence-electron chi connectivity index (χ0n) is 10.7. The van der Waals surface area contributed by atoms with E-state index in [0.29, 0.717) is 17.1 Å². The van der Waals surface area contributed by atoms with Gasteiger partial charge in [0.05, 0.1) is 23.4 Å². The van der Waals surface area contributed by atoms with Crippen molar-refractivity contribution in [3.8, 4) is 0 Å². The van der Waals surface area contributed by atoms with Crippen LogP contribution >= 0.6 is 22.9 Å². The highest BCUT2D eigenvalue weighted by Gasteiger charge is 2.09. The lowest BCUT2D eigenvalue weighted by molar-refractivity contribution is 0.0601. The lowest BCUT2D eigenvalue weighted by Crippen LogP contribution is -2.04. The van der Waals surface area contributed by atoms with Crippen LogP contribution < -0.4 is 5.32 Å². The van der Waals surface area contributed by atoms with E-state index in [4.69, 9.17) is 16.3 Å². The lowest BCUT2D eigenvalue weighted by Gasteiger charge is -2.09. The molecular formula is C14H14ClNO2S. The molecule has 19 heavy (non-hydrogen) atoms. The van der Waals surface area contributed by atoms with E-state index in [1.807, 2.05) is 0 Å². The average molecular weight is 296 g/mol. The van der Waals surface area contributed by atoms with Gasteiger partial charge >= 0.3 is 5.97 Å². The van der Waals surface area contributed by atoms with E-state index in [1.54, 1.807) is 29.5 Å². The second-order valence-corrected chi connectivity index (χ2v) is 5.47. The zero-order chi connectivity index (χ0) is 13.8. The molecule has 0 atom stereocenters. The second-order valence-electron chi connectivity index (χ2n) is 4.07. The third-order valence-corrected chi connectivity index (χ3v) is 4.15. The largest absolute Gasteiger partial charge is 0.465 e. The third kappa shape index (κ3) is 3.28. The molecule has 1 aromatic heterocycles. The maximum atomic E-state index is 11.5. The first kappa shape index (κ1) is 13.9. The monoisotopic (exact) mass is 295 g/mol. The molecule has 3 nitrogen and oxygen atoms in total. The molecule has 0 spiro atoms.